The molecule has 0 aliphatic rings. The van der Waals surface area contributed by atoms with E-state index in [1.807, 2.05) is 54.7 Å². The van der Waals surface area contributed by atoms with Crippen LogP contribution in [-0.2, 0) is 27.4 Å². The number of carboxylic acid groups (broad SMARTS) is 2. The SMILES string of the molecule is COCCn1c(-c2ccc(Cl)cc2)cnc1NCc1cccc(Cl)c1.O=C(O)C(=O)O. The minimum absolute atomic E-state index is 0.600. The highest BCUT2D eigenvalue weighted by atomic mass is 35.5. The van der Waals surface area contributed by atoms with Crippen molar-refractivity contribution >= 4 is 41.1 Å². The van der Waals surface area contributed by atoms with Gasteiger partial charge in [-0.15, -0.1) is 0 Å². The van der Waals surface area contributed by atoms with Crippen molar-refractivity contribution in [3.05, 3.63) is 70.3 Å². The smallest absolute Gasteiger partial charge is 0.414 e. The van der Waals surface area contributed by atoms with Crippen molar-refractivity contribution in [3.8, 4) is 11.3 Å². The number of aliphatic carboxylic acids is 2. The lowest BCUT2D eigenvalue weighted by molar-refractivity contribution is -0.159. The van der Waals surface area contributed by atoms with Crippen molar-refractivity contribution in [2.24, 2.45) is 0 Å². The van der Waals surface area contributed by atoms with Crippen molar-refractivity contribution in [2.75, 3.05) is 19.0 Å². The Bertz CT molecular complexity index is 1010. The van der Waals surface area contributed by atoms with Gasteiger partial charge in [-0.05, 0) is 35.4 Å². The lowest BCUT2D eigenvalue weighted by atomic mass is 10.2. The van der Waals surface area contributed by atoms with Gasteiger partial charge in [0.1, 0.15) is 0 Å². The molecule has 8 nitrogen and oxygen atoms in total. The molecular formula is C21H21Cl2N3O5. The fourth-order valence-electron chi connectivity index (χ4n) is 2.60. The molecule has 1 aromatic heterocycles. The van der Waals surface area contributed by atoms with E-state index in [2.05, 4.69) is 14.9 Å². The van der Waals surface area contributed by atoms with Crippen LogP contribution in [0.15, 0.2) is 54.7 Å². The summed E-state index contributed by atoms with van der Waals surface area (Å²) in [6.45, 7) is 1.94. The van der Waals surface area contributed by atoms with Crippen LogP contribution in [0.1, 0.15) is 5.56 Å². The fourth-order valence-corrected chi connectivity index (χ4v) is 2.94. The van der Waals surface area contributed by atoms with Crippen LogP contribution >= 0.6 is 23.2 Å². The van der Waals surface area contributed by atoms with E-state index in [1.165, 1.54) is 0 Å². The fraction of sp³-hybridized carbons (Fsp3) is 0.190. The van der Waals surface area contributed by atoms with E-state index in [-0.39, 0.29) is 0 Å². The molecule has 164 valence electrons. The number of halogens is 2. The van der Waals surface area contributed by atoms with Crippen LogP contribution in [0.3, 0.4) is 0 Å². The first kappa shape index (κ1) is 24.2. The molecule has 0 aliphatic heterocycles. The van der Waals surface area contributed by atoms with Gasteiger partial charge >= 0.3 is 11.9 Å². The molecule has 1 heterocycles. The van der Waals surface area contributed by atoms with Gasteiger partial charge in [0, 0.05) is 30.2 Å². The van der Waals surface area contributed by atoms with Crippen molar-refractivity contribution in [3.63, 3.8) is 0 Å². The zero-order valence-electron chi connectivity index (χ0n) is 16.6. The summed E-state index contributed by atoms with van der Waals surface area (Å²) in [5.74, 6) is -2.85. The van der Waals surface area contributed by atoms with Gasteiger partial charge in [-0.3, -0.25) is 0 Å². The molecule has 3 rings (SSSR count). The number of carbonyl (C=O) groups is 2. The summed E-state index contributed by atoms with van der Waals surface area (Å²) in [5, 5.41) is 19.6. The molecule has 0 bridgehead atoms. The predicted molar refractivity (Wildman–Crippen MR) is 119 cm³/mol. The van der Waals surface area contributed by atoms with E-state index >= 15 is 0 Å². The number of benzene rings is 2. The van der Waals surface area contributed by atoms with Gasteiger partial charge < -0.3 is 24.8 Å². The number of rotatable bonds is 7. The average Bonchev–Trinajstić information content (AvgIpc) is 3.14. The van der Waals surface area contributed by atoms with Crippen molar-refractivity contribution in [1.29, 1.82) is 0 Å². The molecule has 0 fully saturated rings. The number of nitrogens with one attached hydrogen (secondary N) is 1. The molecule has 3 aromatic rings. The number of ether oxygens (including phenoxy) is 1. The third-order valence-corrected chi connectivity index (χ3v) is 4.52. The lowest BCUT2D eigenvalue weighted by Gasteiger charge is -2.13. The molecule has 0 spiro atoms. The number of hydrogen-bond donors (Lipinski definition) is 3. The number of methoxy groups -OCH3 is 1. The van der Waals surface area contributed by atoms with Gasteiger partial charge in [0.15, 0.2) is 0 Å². The largest absolute Gasteiger partial charge is 0.473 e. The van der Waals surface area contributed by atoms with Gasteiger partial charge in [0.25, 0.3) is 0 Å². The van der Waals surface area contributed by atoms with Crippen molar-refractivity contribution in [1.82, 2.24) is 9.55 Å². The summed E-state index contributed by atoms with van der Waals surface area (Å²) in [6, 6.07) is 15.5. The summed E-state index contributed by atoms with van der Waals surface area (Å²) < 4.78 is 7.35. The average molecular weight is 466 g/mol. The molecule has 3 N–H and O–H groups in total. The van der Waals surface area contributed by atoms with Crippen LogP contribution in [0, 0.1) is 0 Å². The van der Waals surface area contributed by atoms with Crippen LogP contribution in [0.4, 0.5) is 5.95 Å². The quantitative estimate of drug-likeness (QED) is 0.446. The monoisotopic (exact) mass is 465 g/mol. The van der Waals surface area contributed by atoms with Gasteiger partial charge in [-0.2, -0.15) is 0 Å². The number of nitrogens with zero attached hydrogens (tertiary/aromatic N) is 2. The summed E-state index contributed by atoms with van der Waals surface area (Å²) in [5.41, 5.74) is 3.17. The maximum absolute atomic E-state index is 9.10. The highest BCUT2D eigenvalue weighted by Gasteiger charge is 2.12. The number of anilines is 1. The molecule has 2 aromatic carbocycles. The van der Waals surface area contributed by atoms with Gasteiger partial charge in [0.05, 0.1) is 18.5 Å². The standard InChI is InChI=1S/C19H19Cl2N3O.C2H2O4/c1-25-10-9-24-18(15-5-7-16(20)8-6-15)13-23-19(24)22-12-14-3-2-4-17(21)11-14;3-1(4)2(5)6/h2-8,11,13H,9-10,12H2,1H3,(H,22,23);(H,3,4)(H,5,6). The Balaban J connectivity index is 0.000000501. The van der Waals surface area contributed by atoms with Crippen LogP contribution in [-0.4, -0.2) is 45.4 Å². The van der Waals surface area contributed by atoms with E-state index in [0.717, 1.165) is 27.8 Å². The third kappa shape index (κ3) is 7.60. The van der Waals surface area contributed by atoms with Crippen molar-refractivity contribution in [2.45, 2.75) is 13.1 Å². The van der Waals surface area contributed by atoms with E-state index in [0.29, 0.717) is 24.7 Å². The Labute approximate surface area is 189 Å². The van der Waals surface area contributed by atoms with Gasteiger partial charge in [-0.25, -0.2) is 14.6 Å². The summed E-state index contributed by atoms with van der Waals surface area (Å²) in [7, 11) is 1.69. The minimum Gasteiger partial charge on any atom is -0.473 e. The lowest BCUT2D eigenvalue weighted by Crippen LogP contribution is -2.11. The number of hydrogen-bond acceptors (Lipinski definition) is 5. The van der Waals surface area contributed by atoms with Crippen LogP contribution in [0.25, 0.3) is 11.3 Å². The minimum atomic E-state index is -1.82. The second-order valence-corrected chi connectivity index (χ2v) is 7.09. The zero-order chi connectivity index (χ0) is 22.8. The van der Waals surface area contributed by atoms with Gasteiger partial charge in [-0.1, -0.05) is 47.5 Å². The van der Waals surface area contributed by atoms with E-state index < -0.39 is 11.9 Å². The highest BCUT2D eigenvalue weighted by Crippen LogP contribution is 2.25. The van der Waals surface area contributed by atoms with Gasteiger partial charge in [0.2, 0.25) is 5.95 Å². The van der Waals surface area contributed by atoms with E-state index in [1.54, 1.807) is 7.11 Å². The third-order valence-electron chi connectivity index (χ3n) is 4.04. The molecule has 0 amide bonds. The molecule has 0 aliphatic carbocycles. The molecule has 31 heavy (non-hydrogen) atoms. The summed E-state index contributed by atoms with van der Waals surface area (Å²) >= 11 is 12.0. The second-order valence-electron chi connectivity index (χ2n) is 6.21. The molecule has 10 heteroatoms. The second kappa shape index (κ2) is 11.9. The molecule has 0 saturated carbocycles. The molecule has 0 atom stereocenters. The van der Waals surface area contributed by atoms with Crippen LogP contribution in [0.5, 0.6) is 0 Å². The Hall–Kier alpha value is -3.07. The van der Waals surface area contributed by atoms with E-state index in [4.69, 9.17) is 47.7 Å². The topological polar surface area (TPSA) is 114 Å². The predicted octanol–water partition coefficient (Wildman–Crippen LogP) is 4.27. The zero-order valence-corrected chi connectivity index (χ0v) is 18.1. The maximum atomic E-state index is 9.10. The number of imidazole rings is 1. The Kier molecular flexibility index (Phi) is 9.33. The first-order valence-corrected chi connectivity index (χ1v) is 9.82. The van der Waals surface area contributed by atoms with E-state index in [9.17, 15) is 0 Å². The maximum Gasteiger partial charge on any atom is 0.414 e. The summed E-state index contributed by atoms with van der Waals surface area (Å²) in [4.78, 5) is 22.7. The first-order chi connectivity index (χ1) is 14.8. The molecule has 0 saturated heterocycles. The van der Waals surface area contributed by atoms with Crippen LogP contribution in [0.2, 0.25) is 10.0 Å². The normalized spacial score (nSPS) is 10.2. The Morgan fingerprint density at radius 3 is 2.32 bits per heavy atom. The van der Waals surface area contributed by atoms with Crippen LogP contribution < -0.4 is 5.32 Å². The highest BCUT2D eigenvalue weighted by molar-refractivity contribution is 6.31. The summed E-state index contributed by atoms with van der Waals surface area (Å²) in [6.07, 6.45) is 1.86. The Morgan fingerprint density at radius 1 is 1.06 bits per heavy atom. The number of aromatic nitrogens is 2. The first-order valence-electron chi connectivity index (χ1n) is 9.06. The molecule has 0 unspecified atom stereocenters. The van der Waals surface area contributed by atoms with Crippen molar-refractivity contribution < 1.29 is 24.5 Å². The molecule has 0 radical (unpaired) electrons. The number of carboxylic acids is 2. The Morgan fingerprint density at radius 2 is 1.74 bits per heavy atom. The molecular weight excluding hydrogens is 445 g/mol.